The molecule has 0 saturated carbocycles. The van der Waals surface area contributed by atoms with Crippen LogP contribution in [0, 0.1) is 0 Å². The second-order valence-corrected chi connectivity index (χ2v) is 5.46. The highest BCUT2D eigenvalue weighted by atomic mass is 16.2. The lowest BCUT2D eigenvalue weighted by atomic mass is 10.0. The molecule has 0 atom stereocenters. The molecule has 1 aliphatic heterocycles. The summed E-state index contributed by atoms with van der Waals surface area (Å²) in [6.07, 6.45) is 0. The van der Waals surface area contributed by atoms with Crippen LogP contribution >= 0.6 is 0 Å². The predicted octanol–water partition coefficient (Wildman–Crippen LogP) is 4.51. The van der Waals surface area contributed by atoms with Gasteiger partial charge in [-0.15, -0.1) is 0 Å². The SMILES string of the molecule is O=C1c2ccc(-c3ccccc3)cc2CN1c1ccccc1. The zero-order valence-electron chi connectivity index (χ0n) is 12.1. The lowest BCUT2D eigenvalue weighted by Crippen LogP contribution is -2.22. The summed E-state index contributed by atoms with van der Waals surface area (Å²) in [5.74, 6) is 0.0841. The molecule has 22 heavy (non-hydrogen) atoms. The van der Waals surface area contributed by atoms with Gasteiger partial charge in [-0.05, 0) is 41.0 Å². The fourth-order valence-corrected chi connectivity index (χ4v) is 2.95. The molecule has 4 rings (SSSR count). The van der Waals surface area contributed by atoms with E-state index >= 15 is 0 Å². The van der Waals surface area contributed by atoms with Gasteiger partial charge in [0.05, 0.1) is 6.54 Å². The van der Waals surface area contributed by atoms with Crippen molar-refractivity contribution in [1.29, 1.82) is 0 Å². The molecule has 0 saturated heterocycles. The van der Waals surface area contributed by atoms with E-state index in [-0.39, 0.29) is 5.91 Å². The van der Waals surface area contributed by atoms with Gasteiger partial charge in [-0.25, -0.2) is 0 Å². The zero-order valence-corrected chi connectivity index (χ0v) is 12.1. The number of rotatable bonds is 2. The van der Waals surface area contributed by atoms with E-state index in [0.717, 1.165) is 22.4 Å². The Morgan fingerprint density at radius 1 is 0.727 bits per heavy atom. The third-order valence-electron chi connectivity index (χ3n) is 4.08. The maximum atomic E-state index is 12.6. The smallest absolute Gasteiger partial charge is 0.258 e. The normalized spacial score (nSPS) is 13.3. The monoisotopic (exact) mass is 285 g/mol. The van der Waals surface area contributed by atoms with E-state index in [4.69, 9.17) is 0 Å². The minimum absolute atomic E-state index is 0.0841. The van der Waals surface area contributed by atoms with E-state index in [1.807, 2.05) is 65.6 Å². The summed E-state index contributed by atoms with van der Waals surface area (Å²) in [5, 5.41) is 0. The van der Waals surface area contributed by atoms with Crippen molar-refractivity contribution in [3.63, 3.8) is 0 Å². The Balaban J connectivity index is 1.72. The van der Waals surface area contributed by atoms with Gasteiger partial charge in [0.1, 0.15) is 0 Å². The molecular formula is C20H15NO. The number of para-hydroxylation sites is 1. The van der Waals surface area contributed by atoms with E-state index in [0.29, 0.717) is 6.54 Å². The minimum Gasteiger partial charge on any atom is -0.304 e. The molecule has 1 heterocycles. The van der Waals surface area contributed by atoms with Crippen molar-refractivity contribution >= 4 is 11.6 Å². The van der Waals surface area contributed by atoms with E-state index in [9.17, 15) is 4.79 Å². The van der Waals surface area contributed by atoms with E-state index in [1.165, 1.54) is 5.56 Å². The predicted molar refractivity (Wildman–Crippen MR) is 88.8 cm³/mol. The summed E-state index contributed by atoms with van der Waals surface area (Å²) in [6, 6.07) is 26.2. The van der Waals surface area contributed by atoms with Crippen LogP contribution in [0.5, 0.6) is 0 Å². The van der Waals surface area contributed by atoms with Gasteiger partial charge < -0.3 is 4.90 Å². The summed E-state index contributed by atoms with van der Waals surface area (Å²) in [5.41, 5.74) is 5.18. The molecule has 1 amide bonds. The summed E-state index contributed by atoms with van der Waals surface area (Å²) in [4.78, 5) is 14.4. The maximum Gasteiger partial charge on any atom is 0.258 e. The van der Waals surface area contributed by atoms with Crippen LogP contribution in [0.2, 0.25) is 0 Å². The first-order valence-corrected chi connectivity index (χ1v) is 7.38. The molecule has 2 heteroatoms. The molecule has 3 aromatic rings. The van der Waals surface area contributed by atoms with Crippen molar-refractivity contribution < 1.29 is 4.79 Å². The van der Waals surface area contributed by atoms with Crippen molar-refractivity contribution in [2.24, 2.45) is 0 Å². The first kappa shape index (κ1) is 12.8. The van der Waals surface area contributed by atoms with Crippen LogP contribution in [0.3, 0.4) is 0 Å². The van der Waals surface area contributed by atoms with Crippen molar-refractivity contribution in [3.8, 4) is 11.1 Å². The molecule has 1 aliphatic rings. The Morgan fingerprint density at radius 2 is 1.41 bits per heavy atom. The second-order valence-electron chi connectivity index (χ2n) is 5.46. The third kappa shape index (κ3) is 2.09. The second kappa shape index (κ2) is 5.15. The van der Waals surface area contributed by atoms with E-state index in [1.54, 1.807) is 0 Å². The van der Waals surface area contributed by atoms with Crippen molar-refractivity contribution in [3.05, 3.63) is 90.0 Å². The van der Waals surface area contributed by atoms with Crippen molar-refractivity contribution in [2.75, 3.05) is 4.90 Å². The lowest BCUT2D eigenvalue weighted by Gasteiger charge is -2.15. The molecule has 3 aromatic carbocycles. The third-order valence-corrected chi connectivity index (χ3v) is 4.08. The Labute approximate surface area is 129 Å². The van der Waals surface area contributed by atoms with Crippen LogP contribution in [0.25, 0.3) is 11.1 Å². The van der Waals surface area contributed by atoms with Crippen molar-refractivity contribution in [2.45, 2.75) is 6.54 Å². The van der Waals surface area contributed by atoms with Gasteiger partial charge >= 0.3 is 0 Å². The number of hydrogen-bond donors (Lipinski definition) is 0. The number of anilines is 1. The lowest BCUT2D eigenvalue weighted by molar-refractivity contribution is 0.0996. The molecule has 0 aromatic heterocycles. The van der Waals surface area contributed by atoms with Gasteiger partial charge in [0.2, 0.25) is 0 Å². The highest BCUT2D eigenvalue weighted by Gasteiger charge is 2.28. The molecule has 0 bridgehead atoms. The summed E-state index contributed by atoms with van der Waals surface area (Å²) >= 11 is 0. The Bertz CT molecular complexity index is 825. The topological polar surface area (TPSA) is 20.3 Å². The quantitative estimate of drug-likeness (QED) is 0.678. The van der Waals surface area contributed by atoms with Crippen LogP contribution < -0.4 is 4.90 Å². The van der Waals surface area contributed by atoms with Gasteiger partial charge in [0.25, 0.3) is 5.91 Å². The van der Waals surface area contributed by atoms with Gasteiger partial charge in [0.15, 0.2) is 0 Å². The maximum absolute atomic E-state index is 12.6. The van der Waals surface area contributed by atoms with Crippen LogP contribution in [0.4, 0.5) is 5.69 Å². The van der Waals surface area contributed by atoms with Gasteiger partial charge in [-0.1, -0.05) is 54.6 Å². The molecule has 0 N–H and O–H groups in total. The Hall–Kier alpha value is -2.87. The van der Waals surface area contributed by atoms with Gasteiger partial charge in [0, 0.05) is 11.3 Å². The first-order chi connectivity index (χ1) is 10.8. The minimum atomic E-state index is 0.0841. The Kier molecular flexibility index (Phi) is 3.01. The average Bonchev–Trinajstić information content (AvgIpc) is 2.93. The number of benzene rings is 3. The van der Waals surface area contributed by atoms with Gasteiger partial charge in [-0.2, -0.15) is 0 Å². The zero-order chi connectivity index (χ0) is 14.9. The summed E-state index contributed by atoms with van der Waals surface area (Å²) < 4.78 is 0. The van der Waals surface area contributed by atoms with Crippen LogP contribution in [0.1, 0.15) is 15.9 Å². The molecular weight excluding hydrogens is 270 g/mol. The number of carbonyl (C=O) groups excluding carboxylic acids is 1. The number of carbonyl (C=O) groups is 1. The summed E-state index contributed by atoms with van der Waals surface area (Å²) in [7, 11) is 0. The molecule has 0 unspecified atom stereocenters. The number of amides is 1. The van der Waals surface area contributed by atoms with Crippen LogP contribution in [-0.2, 0) is 6.54 Å². The summed E-state index contributed by atoms with van der Waals surface area (Å²) in [6.45, 7) is 0.638. The molecule has 0 fully saturated rings. The number of hydrogen-bond acceptors (Lipinski definition) is 1. The van der Waals surface area contributed by atoms with Crippen molar-refractivity contribution in [1.82, 2.24) is 0 Å². The number of fused-ring (bicyclic) bond motifs is 1. The molecule has 2 nitrogen and oxygen atoms in total. The van der Waals surface area contributed by atoms with E-state index < -0.39 is 0 Å². The highest BCUT2D eigenvalue weighted by Crippen LogP contribution is 2.31. The van der Waals surface area contributed by atoms with Crippen LogP contribution in [-0.4, -0.2) is 5.91 Å². The fourth-order valence-electron chi connectivity index (χ4n) is 2.95. The van der Waals surface area contributed by atoms with Gasteiger partial charge in [-0.3, -0.25) is 4.79 Å². The molecule has 0 aliphatic carbocycles. The molecule has 0 spiro atoms. The fraction of sp³-hybridized carbons (Fsp3) is 0.0500. The average molecular weight is 285 g/mol. The largest absolute Gasteiger partial charge is 0.304 e. The molecule has 0 radical (unpaired) electrons. The highest BCUT2D eigenvalue weighted by molar-refractivity contribution is 6.10. The molecule has 106 valence electrons. The van der Waals surface area contributed by atoms with Crippen LogP contribution in [0.15, 0.2) is 78.9 Å². The number of nitrogens with zero attached hydrogens (tertiary/aromatic N) is 1. The van der Waals surface area contributed by atoms with E-state index in [2.05, 4.69) is 18.2 Å². The standard InChI is InChI=1S/C20H15NO/c22-20-19-12-11-16(15-7-3-1-4-8-15)13-17(19)14-21(20)18-9-5-2-6-10-18/h1-13H,14H2. The Morgan fingerprint density at radius 3 is 2.14 bits per heavy atom. The first-order valence-electron chi connectivity index (χ1n) is 7.38.